The lowest BCUT2D eigenvalue weighted by Crippen LogP contribution is -2.10. The van der Waals surface area contributed by atoms with Crippen molar-refractivity contribution in [2.45, 2.75) is 13.0 Å². The van der Waals surface area contributed by atoms with Gasteiger partial charge in [0.05, 0.1) is 13.7 Å². The predicted octanol–water partition coefficient (Wildman–Crippen LogP) is 1.44. The molecule has 0 aliphatic carbocycles. The monoisotopic (exact) mass is 231 g/mol. The van der Waals surface area contributed by atoms with Crippen molar-refractivity contribution in [2.24, 2.45) is 5.73 Å². The van der Waals surface area contributed by atoms with Gasteiger partial charge in [-0.1, -0.05) is 6.07 Å². The first-order valence-electron chi connectivity index (χ1n) is 5.67. The molecule has 0 amide bonds. The van der Waals surface area contributed by atoms with Crippen LogP contribution >= 0.6 is 0 Å². The Morgan fingerprint density at radius 3 is 3.00 bits per heavy atom. The van der Waals surface area contributed by atoms with Gasteiger partial charge < -0.3 is 15.0 Å². The Balaban J connectivity index is 2.22. The van der Waals surface area contributed by atoms with E-state index >= 15 is 0 Å². The molecule has 90 valence electrons. The quantitative estimate of drug-likeness (QED) is 0.847. The van der Waals surface area contributed by atoms with Crippen molar-refractivity contribution in [1.82, 2.24) is 9.55 Å². The number of hydrogen-bond acceptors (Lipinski definition) is 3. The van der Waals surface area contributed by atoms with Crippen LogP contribution in [0, 0.1) is 0 Å². The van der Waals surface area contributed by atoms with Crippen LogP contribution in [0.25, 0.3) is 0 Å². The van der Waals surface area contributed by atoms with Crippen molar-refractivity contribution in [1.29, 1.82) is 0 Å². The Bertz CT molecular complexity index is 479. The van der Waals surface area contributed by atoms with Crippen molar-refractivity contribution in [2.75, 3.05) is 13.7 Å². The third-order valence-corrected chi connectivity index (χ3v) is 2.71. The smallest absolute Gasteiger partial charge is 0.218 e. The van der Waals surface area contributed by atoms with Crippen molar-refractivity contribution < 1.29 is 4.74 Å². The fourth-order valence-corrected chi connectivity index (χ4v) is 1.89. The second kappa shape index (κ2) is 5.50. The number of rotatable bonds is 5. The van der Waals surface area contributed by atoms with E-state index in [2.05, 4.69) is 21.8 Å². The lowest BCUT2D eigenvalue weighted by Gasteiger charge is -2.11. The molecule has 0 aliphatic rings. The van der Waals surface area contributed by atoms with E-state index in [0.717, 1.165) is 18.5 Å². The zero-order valence-corrected chi connectivity index (χ0v) is 9.97. The summed E-state index contributed by atoms with van der Waals surface area (Å²) in [5.41, 5.74) is 7.90. The van der Waals surface area contributed by atoms with Gasteiger partial charge in [-0.15, -0.1) is 0 Å². The average Bonchev–Trinajstić information content (AvgIpc) is 2.78. The number of aromatic nitrogens is 2. The molecule has 4 heteroatoms. The van der Waals surface area contributed by atoms with Crippen LogP contribution in [0.2, 0.25) is 0 Å². The molecule has 17 heavy (non-hydrogen) atoms. The van der Waals surface area contributed by atoms with E-state index in [0.29, 0.717) is 12.4 Å². The molecule has 0 aromatic carbocycles. The summed E-state index contributed by atoms with van der Waals surface area (Å²) < 4.78 is 7.42. The summed E-state index contributed by atoms with van der Waals surface area (Å²) in [6.45, 7) is 1.42. The topological polar surface area (TPSA) is 53.1 Å². The molecule has 0 saturated carbocycles. The summed E-state index contributed by atoms with van der Waals surface area (Å²) >= 11 is 0. The summed E-state index contributed by atoms with van der Waals surface area (Å²) in [6.07, 6.45) is 4.67. The largest absolute Gasteiger partial charge is 0.481 e. The summed E-state index contributed by atoms with van der Waals surface area (Å²) in [5, 5.41) is 0. The van der Waals surface area contributed by atoms with E-state index in [9.17, 15) is 0 Å². The Hall–Kier alpha value is -1.81. The number of ether oxygens (including phenoxy) is 1. The maximum absolute atomic E-state index is 5.59. The van der Waals surface area contributed by atoms with Crippen molar-refractivity contribution in [3.63, 3.8) is 0 Å². The Morgan fingerprint density at radius 1 is 1.35 bits per heavy atom. The highest BCUT2D eigenvalue weighted by Gasteiger charge is 2.06. The minimum Gasteiger partial charge on any atom is -0.481 e. The second-order valence-corrected chi connectivity index (χ2v) is 3.84. The zero-order valence-electron chi connectivity index (χ0n) is 9.97. The van der Waals surface area contributed by atoms with Crippen LogP contribution in [-0.4, -0.2) is 23.2 Å². The second-order valence-electron chi connectivity index (χ2n) is 3.84. The number of methoxy groups -OCH3 is 1. The first-order valence-corrected chi connectivity index (χ1v) is 5.67. The lowest BCUT2D eigenvalue weighted by molar-refractivity contribution is 0.391. The summed E-state index contributed by atoms with van der Waals surface area (Å²) in [6, 6.07) is 8.07. The Kier molecular flexibility index (Phi) is 3.77. The summed E-state index contributed by atoms with van der Waals surface area (Å²) in [5.74, 6) is 0.680. The maximum atomic E-state index is 5.59. The third-order valence-electron chi connectivity index (χ3n) is 2.71. The standard InChI is InChI=1S/C13H17N3O/c1-17-13-11(4-2-8-15-13)10-16-9-3-5-12(16)6-7-14/h2-5,8-9H,6-7,10,14H2,1H3. The minimum absolute atomic E-state index is 0.661. The van der Waals surface area contributed by atoms with Crippen LogP contribution < -0.4 is 10.5 Å². The van der Waals surface area contributed by atoms with Gasteiger partial charge in [-0.2, -0.15) is 0 Å². The normalized spacial score (nSPS) is 10.5. The van der Waals surface area contributed by atoms with Gasteiger partial charge in [0.1, 0.15) is 0 Å². The molecule has 0 unspecified atom stereocenters. The fraction of sp³-hybridized carbons (Fsp3) is 0.308. The lowest BCUT2D eigenvalue weighted by atomic mass is 10.2. The zero-order chi connectivity index (χ0) is 12.1. The molecule has 4 nitrogen and oxygen atoms in total. The molecule has 2 rings (SSSR count). The number of nitrogens with zero attached hydrogens (tertiary/aromatic N) is 2. The number of pyridine rings is 1. The van der Waals surface area contributed by atoms with Crippen LogP contribution in [0.5, 0.6) is 5.88 Å². The van der Waals surface area contributed by atoms with Gasteiger partial charge in [0.25, 0.3) is 0 Å². The van der Waals surface area contributed by atoms with Crippen LogP contribution in [0.1, 0.15) is 11.3 Å². The summed E-state index contributed by atoms with van der Waals surface area (Å²) in [7, 11) is 1.64. The molecule has 2 aromatic rings. The van der Waals surface area contributed by atoms with Crippen molar-refractivity contribution in [3.05, 3.63) is 47.9 Å². The van der Waals surface area contributed by atoms with E-state index in [-0.39, 0.29) is 0 Å². The molecule has 0 atom stereocenters. The minimum atomic E-state index is 0.661. The van der Waals surface area contributed by atoms with E-state index in [1.807, 2.05) is 18.2 Å². The van der Waals surface area contributed by atoms with Crippen molar-refractivity contribution in [3.8, 4) is 5.88 Å². The molecule has 0 radical (unpaired) electrons. The van der Waals surface area contributed by atoms with Gasteiger partial charge >= 0.3 is 0 Å². The molecule has 0 fully saturated rings. The highest BCUT2D eigenvalue weighted by Crippen LogP contribution is 2.16. The van der Waals surface area contributed by atoms with E-state index < -0.39 is 0 Å². The van der Waals surface area contributed by atoms with Crippen LogP contribution in [0.15, 0.2) is 36.7 Å². The first-order chi connectivity index (χ1) is 8.35. The van der Waals surface area contributed by atoms with Crippen LogP contribution in [-0.2, 0) is 13.0 Å². The highest BCUT2D eigenvalue weighted by atomic mass is 16.5. The maximum Gasteiger partial charge on any atom is 0.218 e. The summed E-state index contributed by atoms with van der Waals surface area (Å²) in [4.78, 5) is 4.19. The molecule has 2 heterocycles. The first kappa shape index (κ1) is 11.7. The van der Waals surface area contributed by atoms with Crippen LogP contribution in [0.3, 0.4) is 0 Å². The molecule has 2 aromatic heterocycles. The highest BCUT2D eigenvalue weighted by molar-refractivity contribution is 5.26. The Labute approximate surface area is 101 Å². The van der Waals surface area contributed by atoms with Crippen LogP contribution in [0.4, 0.5) is 0 Å². The number of nitrogens with two attached hydrogens (primary N) is 1. The van der Waals surface area contributed by atoms with Gasteiger partial charge in [0, 0.05) is 23.7 Å². The predicted molar refractivity (Wildman–Crippen MR) is 67.1 cm³/mol. The Morgan fingerprint density at radius 2 is 2.24 bits per heavy atom. The van der Waals surface area contributed by atoms with E-state index in [1.165, 1.54) is 5.69 Å². The average molecular weight is 231 g/mol. The molecular weight excluding hydrogens is 214 g/mol. The molecule has 0 bridgehead atoms. The van der Waals surface area contributed by atoms with Gasteiger partial charge in [-0.25, -0.2) is 4.98 Å². The van der Waals surface area contributed by atoms with Gasteiger partial charge in [-0.05, 0) is 31.2 Å². The van der Waals surface area contributed by atoms with Gasteiger partial charge in [-0.3, -0.25) is 0 Å². The van der Waals surface area contributed by atoms with E-state index in [1.54, 1.807) is 13.3 Å². The van der Waals surface area contributed by atoms with Gasteiger partial charge in [0.15, 0.2) is 0 Å². The molecule has 0 aliphatic heterocycles. The SMILES string of the molecule is COc1ncccc1Cn1cccc1CCN. The third kappa shape index (κ3) is 2.65. The molecule has 0 saturated heterocycles. The molecule has 0 spiro atoms. The molecular formula is C13H17N3O. The fourth-order valence-electron chi connectivity index (χ4n) is 1.89. The van der Waals surface area contributed by atoms with Gasteiger partial charge in [0.2, 0.25) is 5.88 Å². The van der Waals surface area contributed by atoms with E-state index in [4.69, 9.17) is 10.5 Å². The molecule has 2 N–H and O–H groups in total. The van der Waals surface area contributed by atoms with Crippen molar-refractivity contribution >= 4 is 0 Å². The number of hydrogen-bond donors (Lipinski definition) is 1.